The van der Waals surface area contributed by atoms with E-state index in [9.17, 15) is 28.8 Å². The van der Waals surface area contributed by atoms with Crippen molar-refractivity contribution in [3.05, 3.63) is 213 Å². The molecule has 0 aromatic heterocycles. The molecule has 53 heavy (non-hydrogen) atoms. The van der Waals surface area contributed by atoms with Crippen LogP contribution in [0.5, 0.6) is 0 Å². The van der Waals surface area contributed by atoms with Crippen molar-refractivity contribution in [2.24, 2.45) is 11.8 Å². The van der Waals surface area contributed by atoms with Crippen LogP contribution in [0.2, 0.25) is 5.02 Å². The molecule has 0 heterocycles. The molecule has 1 unspecified atom stereocenters. The first-order valence-electron chi connectivity index (χ1n) is 17.1. The Morgan fingerprint density at radius 1 is 0.358 bits per heavy atom. The molecule has 0 bridgehead atoms. The largest absolute Gasteiger partial charge is 0.297 e. The van der Waals surface area contributed by atoms with Gasteiger partial charge in [-0.3, -0.25) is 28.8 Å². The maximum Gasteiger partial charge on any atom is 0.181 e. The van der Waals surface area contributed by atoms with Gasteiger partial charge in [0.2, 0.25) is 0 Å². The number of hydrogen-bond donors (Lipinski definition) is 0. The van der Waals surface area contributed by atoms with E-state index in [2.05, 4.69) is 0 Å². The number of Topliss-reactive ketones (excluding diaryl/α,β-unsaturated/α-hetero) is 6. The quantitative estimate of drug-likeness (QED) is 0.146. The summed E-state index contributed by atoms with van der Waals surface area (Å²) in [5, 5.41) is 0.554. The summed E-state index contributed by atoms with van der Waals surface area (Å²) in [6.07, 6.45) is 0. The van der Waals surface area contributed by atoms with Crippen LogP contribution in [0.1, 0.15) is 75.5 Å². The van der Waals surface area contributed by atoms with Gasteiger partial charge in [-0.05, 0) is 34.4 Å². The number of fused-ring (bicyclic) bond motifs is 2. The molecule has 6 aromatic rings. The summed E-state index contributed by atoms with van der Waals surface area (Å²) in [5.74, 6) is -6.34. The number of rotatable bonds is 8. The molecule has 0 aliphatic heterocycles. The lowest BCUT2D eigenvalue weighted by atomic mass is 9.80. The number of ketones is 6. The Balaban J connectivity index is 0.000000164. The van der Waals surface area contributed by atoms with Gasteiger partial charge in [0, 0.05) is 27.3 Å². The van der Waals surface area contributed by atoms with Crippen LogP contribution in [0.15, 0.2) is 164 Å². The van der Waals surface area contributed by atoms with Crippen LogP contribution < -0.4 is 0 Å². The van der Waals surface area contributed by atoms with Crippen LogP contribution in [0.4, 0.5) is 0 Å². The van der Waals surface area contributed by atoms with Crippen molar-refractivity contribution in [3.8, 4) is 0 Å². The summed E-state index contributed by atoms with van der Waals surface area (Å²) in [6.45, 7) is 0. The van der Waals surface area contributed by atoms with Gasteiger partial charge in [0.15, 0.2) is 34.7 Å². The van der Waals surface area contributed by atoms with Crippen LogP contribution in [-0.4, -0.2) is 34.7 Å². The minimum atomic E-state index is -1.30. The molecule has 0 saturated heterocycles. The third-order valence-electron chi connectivity index (χ3n) is 9.70. The summed E-state index contributed by atoms with van der Waals surface area (Å²) >= 11 is 5.98. The number of carbonyl (C=O) groups excluding carboxylic acids is 6. The van der Waals surface area contributed by atoms with Crippen LogP contribution in [0.25, 0.3) is 0 Å². The summed E-state index contributed by atoms with van der Waals surface area (Å²) in [7, 11) is 0. The lowest BCUT2D eigenvalue weighted by Crippen LogP contribution is -2.31. The first kappa shape index (κ1) is 35.1. The predicted molar refractivity (Wildman–Crippen MR) is 202 cm³/mol. The van der Waals surface area contributed by atoms with Gasteiger partial charge in [-0.1, -0.05) is 163 Å². The molecule has 2 aliphatic rings. The van der Waals surface area contributed by atoms with E-state index in [0.717, 1.165) is 16.7 Å². The smallest absolute Gasteiger partial charge is 0.181 e. The lowest BCUT2D eigenvalue weighted by molar-refractivity contribution is -0.121. The van der Waals surface area contributed by atoms with Crippen molar-refractivity contribution in [3.63, 3.8) is 0 Å². The Kier molecular flexibility index (Phi) is 9.97. The van der Waals surface area contributed by atoms with E-state index >= 15 is 0 Å². The fourth-order valence-electron chi connectivity index (χ4n) is 7.17. The SMILES string of the molecule is O=C1c2ccccc2C(=O)C1C(=O)C(c1ccccc1)c1ccc(Cl)cc1.O=C1c2ccccc2C(=O)C1C(=O)C(c1ccccc1)c1ccccc1. The molecule has 0 amide bonds. The van der Waals surface area contributed by atoms with Gasteiger partial charge in [-0.25, -0.2) is 0 Å². The highest BCUT2D eigenvalue weighted by Crippen LogP contribution is 2.37. The van der Waals surface area contributed by atoms with Gasteiger partial charge in [0.1, 0.15) is 11.8 Å². The van der Waals surface area contributed by atoms with E-state index in [1.54, 1.807) is 72.8 Å². The van der Waals surface area contributed by atoms with E-state index in [0.29, 0.717) is 32.8 Å². The van der Waals surface area contributed by atoms with E-state index in [1.165, 1.54) is 0 Å². The number of hydrogen-bond acceptors (Lipinski definition) is 6. The minimum Gasteiger partial charge on any atom is -0.297 e. The molecular formula is C46H31ClO6. The number of halogens is 1. The molecule has 1 atom stereocenters. The van der Waals surface area contributed by atoms with Gasteiger partial charge < -0.3 is 0 Å². The topological polar surface area (TPSA) is 102 Å². The summed E-state index contributed by atoms with van der Waals surface area (Å²) in [4.78, 5) is 78.0. The standard InChI is InChI=1S/C23H15ClO3.C23H16O3/c24-16-12-10-15(11-13-16)19(14-6-2-1-3-7-14)23(27)20-21(25)17-8-4-5-9-18(17)22(20)26;24-21-17-13-7-8-14-18(17)22(25)20(21)23(26)19(15-9-3-1-4-10-15)16-11-5-2-6-12-16/h1-13,19-20H;1-14,19-20H. The molecule has 7 heteroatoms. The van der Waals surface area contributed by atoms with E-state index in [-0.39, 0.29) is 5.78 Å². The Morgan fingerprint density at radius 3 is 0.887 bits per heavy atom. The fraction of sp³-hybridized carbons (Fsp3) is 0.0870. The maximum absolute atomic E-state index is 13.4. The first-order chi connectivity index (χ1) is 25.8. The van der Waals surface area contributed by atoms with Gasteiger partial charge in [-0.15, -0.1) is 0 Å². The van der Waals surface area contributed by atoms with Gasteiger partial charge in [-0.2, -0.15) is 0 Å². The van der Waals surface area contributed by atoms with E-state index < -0.39 is 52.6 Å². The zero-order valence-corrected chi connectivity index (χ0v) is 29.0. The fourth-order valence-corrected chi connectivity index (χ4v) is 7.30. The highest BCUT2D eigenvalue weighted by atomic mass is 35.5. The summed E-state index contributed by atoms with van der Waals surface area (Å²) < 4.78 is 0. The molecule has 0 N–H and O–H groups in total. The van der Waals surface area contributed by atoms with Crippen molar-refractivity contribution in [1.82, 2.24) is 0 Å². The molecule has 0 saturated carbocycles. The Morgan fingerprint density at radius 2 is 0.604 bits per heavy atom. The number of carbonyl (C=O) groups is 6. The van der Waals surface area contributed by atoms with Crippen molar-refractivity contribution in [2.45, 2.75) is 11.8 Å². The second kappa shape index (κ2) is 15.1. The van der Waals surface area contributed by atoms with Crippen molar-refractivity contribution >= 4 is 46.3 Å². The molecule has 2 aliphatic carbocycles. The highest BCUT2D eigenvalue weighted by Gasteiger charge is 2.47. The van der Waals surface area contributed by atoms with E-state index in [4.69, 9.17) is 11.6 Å². The van der Waals surface area contributed by atoms with Crippen molar-refractivity contribution < 1.29 is 28.8 Å². The van der Waals surface area contributed by atoms with Crippen LogP contribution in [-0.2, 0) is 9.59 Å². The average molecular weight is 715 g/mol. The second-order valence-corrected chi connectivity index (χ2v) is 13.3. The average Bonchev–Trinajstić information content (AvgIpc) is 3.61. The maximum atomic E-state index is 13.4. The van der Waals surface area contributed by atoms with Crippen LogP contribution in [0.3, 0.4) is 0 Å². The molecule has 8 rings (SSSR count). The molecule has 6 nitrogen and oxygen atoms in total. The van der Waals surface area contributed by atoms with Crippen LogP contribution in [0, 0.1) is 11.8 Å². The Hall–Kier alpha value is -6.37. The summed E-state index contributed by atoms with van der Waals surface area (Å²) in [5.41, 5.74) is 4.33. The third kappa shape index (κ3) is 6.73. The molecule has 0 radical (unpaired) electrons. The zero-order chi connectivity index (χ0) is 37.1. The molecular weight excluding hydrogens is 684 g/mol. The van der Waals surface area contributed by atoms with Gasteiger partial charge >= 0.3 is 0 Å². The molecule has 258 valence electrons. The van der Waals surface area contributed by atoms with Gasteiger partial charge in [0.05, 0.1) is 11.8 Å². The monoisotopic (exact) mass is 714 g/mol. The highest BCUT2D eigenvalue weighted by molar-refractivity contribution is 6.37. The predicted octanol–water partition coefficient (Wildman–Crippen LogP) is 8.82. The van der Waals surface area contributed by atoms with Crippen molar-refractivity contribution in [2.75, 3.05) is 0 Å². The normalized spacial score (nSPS) is 14.4. The van der Waals surface area contributed by atoms with E-state index in [1.807, 2.05) is 91.0 Å². The minimum absolute atomic E-state index is 0.323. The summed E-state index contributed by atoms with van der Waals surface area (Å²) in [6, 6.07) is 47.9. The lowest BCUT2D eigenvalue weighted by Gasteiger charge is -2.19. The Bertz CT molecular complexity index is 2260. The molecule has 0 fully saturated rings. The second-order valence-electron chi connectivity index (χ2n) is 12.9. The molecule has 0 spiro atoms. The Labute approximate surface area is 311 Å². The molecule has 6 aromatic carbocycles. The zero-order valence-electron chi connectivity index (χ0n) is 28.2. The van der Waals surface area contributed by atoms with Crippen molar-refractivity contribution in [1.29, 1.82) is 0 Å². The van der Waals surface area contributed by atoms with Gasteiger partial charge in [0.25, 0.3) is 0 Å². The number of benzene rings is 6. The van der Waals surface area contributed by atoms with Crippen LogP contribution >= 0.6 is 11.6 Å². The third-order valence-corrected chi connectivity index (χ3v) is 9.96. The first-order valence-corrected chi connectivity index (χ1v) is 17.5.